The maximum atomic E-state index is 10.3. The van der Waals surface area contributed by atoms with Crippen LogP contribution in [0.25, 0.3) is 0 Å². The molecule has 5 heteroatoms. The maximum Gasteiger partial charge on any atom is 0.163 e. The molecule has 1 saturated carbocycles. The van der Waals surface area contributed by atoms with Crippen LogP contribution in [0.2, 0.25) is 0 Å². The van der Waals surface area contributed by atoms with Gasteiger partial charge >= 0.3 is 0 Å². The van der Waals surface area contributed by atoms with E-state index in [0.717, 1.165) is 0 Å². The molecular weight excluding hydrogens is 224 g/mol. The van der Waals surface area contributed by atoms with Gasteiger partial charge in [-0.2, -0.15) is 0 Å². The minimum Gasteiger partial charge on any atom is -0.387 e. The van der Waals surface area contributed by atoms with Crippen LogP contribution in [0, 0.1) is 0 Å². The molecule has 0 aromatic rings. The molecule has 0 aromatic carbocycles. The Morgan fingerprint density at radius 3 is 1.65 bits per heavy atom. The smallest absolute Gasteiger partial charge is 0.163 e. The van der Waals surface area contributed by atoms with E-state index < -0.39 is 17.7 Å². The summed E-state index contributed by atoms with van der Waals surface area (Å²) in [4.78, 5) is 0. The Kier molecular flexibility index (Phi) is 2.39. The molecule has 3 aliphatic rings. The van der Waals surface area contributed by atoms with Gasteiger partial charge in [-0.25, -0.2) is 0 Å². The van der Waals surface area contributed by atoms with Gasteiger partial charge in [-0.15, -0.1) is 0 Å². The van der Waals surface area contributed by atoms with Crippen molar-refractivity contribution >= 4 is 0 Å². The Morgan fingerprint density at radius 2 is 1.24 bits per heavy atom. The van der Waals surface area contributed by atoms with Gasteiger partial charge in [0.2, 0.25) is 0 Å². The van der Waals surface area contributed by atoms with E-state index in [-0.39, 0.29) is 24.4 Å². The SMILES string of the molecule is CC1(C)O[C@H]2[C@H](O)[C@H]3OC(C)(C)O[C@@H]3C[C@@H]2O1. The van der Waals surface area contributed by atoms with Crippen molar-refractivity contribution in [2.75, 3.05) is 0 Å². The van der Waals surface area contributed by atoms with Crippen LogP contribution in [-0.4, -0.2) is 47.2 Å². The minimum atomic E-state index is -0.692. The molecule has 5 nitrogen and oxygen atoms in total. The summed E-state index contributed by atoms with van der Waals surface area (Å²) in [7, 11) is 0. The summed E-state index contributed by atoms with van der Waals surface area (Å²) < 4.78 is 23.0. The summed E-state index contributed by atoms with van der Waals surface area (Å²) in [6.07, 6.45) is -0.841. The monoisotopic (exact) mass is 244 g/mol. The molecule has 0 aromatic heterocycles. The molecule has 5 atom stereocenters. The highest BCUT2D eigenvalue weighted by atomic mass is 16.8. The zero-order valence-corrected chi connectivity index (χ0v) is 10.7. The summed E-state index contributed by atoms with van der Waals surface area (Å²) >= 11 is 0. The van der Waals surface area contributed by atoms with Crippen molar-refractivity contribution in [1.29, 1.82) is 0 Å². The molecule has 1 N–H and O–H groups in total. The lowest BCUT2D eigenvalue weighted by Crippen LogP contribution is -2.53. The molecule has 1 aliphatic carbocycles. The van der Waals surface area contributed by atoms with E-state index in [9.17, 15) is 5.11 Å². The van der Waals surface area contributed by atoms with Crippen LogP contribution >= 0.6 is 0 Å². The first-order valence-corrected chi connectivity index (χ1v) is 6.17. The first-order valence-electron chi connectivity index (χ1n) is 6.17. The Labute approximate surface area is 101 Å². The van der Waals surface area contributed by atoms with Crippen LogP contribution in [0.15, 0.2) is 0 Å². The maximum absolute atomic E-state index is 10.3. The fourth-order valence-corrected chi connectivity index (χ4v) is 3.09. The van der Waals surface area contributed by atoms with E-state index in [1.807, 2.05) is 27.7 Å². The van der Waals surface area contributed by atoms with Crippen molar-refractivity contribution < 1.29 is 24.1 Å². The quantitative estimate of drug-likeness (QED) is 0.682. The van der Waals surface area contributed by atoms with Crippen molar-refractivity contribution in [3.8, 4) is 0 Å². The molecule has 98 valence electrons. The van der Waals surface area contributed by atoms with Crippen molar-refractivity contribution in [2.45, 2.75) is 76.2 Å². The van der Waals surface area contributed by atoms with Gasteiger partial charge in [0.1, 0.15) is 18.3 Å². The van der Waals surface area contributed by atoms with Gasteiger partial charge < -0.3 is 24.1 Å². The second-order valence-corrected chi connectivity index (χ2v) is 6.00. The van der Waals surface area contributed by atoms with Gasteiger partial charge in [0.05, 0.1) is 12.2 Å². The Balaban J connectivity index is 1.81. The third-order valence-electron chi connectivity index (χ3n) is 3.58. The lowest BCUT2D eigenvalue weighted by atomic mass is 9.87. The van der Waals surface area contributed by atoms with Gasteiger partial charge in [0.15, 0.2) is 11.6 Å². The molecule has 0 spiro atoms. The molecule has 17 heavy (non-hydrogen) atoms. The molecule has 0 unspecified atom stereocenters. The third kappa shape index (κ3) is 1.90. The third-order valence-corrected chi connectivity index (χ3v) is 3.58. The van der Waals surface area contributed by atoms with Gasteiger partial charge in [0.25, 0.3) is 0 Å². The van der Waals surface area contributed by atoms with Crippen molar-refractivity contribution in [3.05, 3.63) is 0 Å². The number of hydrogen-bond acceptors (Lipinski definition) is 5. The average molecular weight is 244 g/mol. The summed E-state index contributed by atoms with van der Waals surface area (Å²) in [5.74, 6) is -1.27. The van der Waals surface area contributed by atoms with Gasteiger partial charge in [-0.1, -0.05) is 0 Å². The lowest BCUT2D eigenvalue weighted by Gasteiger charge is -2.34. The summed E-state index contributed by atoms with van der Waals surface area (Å²) in [6.45, 7) is 7.44. The minimum absolute atomic E-state index is 0.112. The zero-order chi connectivity index (χ0) is 12.4. The standard InChI is InChI=1S/C12H20O5/c1-11(2)14-6-5-7-10(8(13)9(6)16-11)17-12(3,4)15-7/h6-10,13H,5H2,1-4H3/t6-,7+,8-,9+,10-. The zero-order valence-electron chi connectivity index (χ0n) is 10.7. The van der Waals surface area contributed by atoms with Crippen LogP contribution in [0.3, 0.4) is 0 Å². The molecule has 2 aliphatic heterocycles. The Morgan fingerprint density at radius 1 is 0.824 bits per heavy atom. The highest BCUT2D eigenvalue weighted by molar-refractivity contribution is 5.02. The molecule has 2 heterocycles. The second-order valence-electron chi connectivity index (χ2n) is 6.00. The van der Waals surface area contributed by atoms with Gasteiger partial charge in [0, 0.05) is 6.42 Å². The second kappa shape index (κ2) is 3.42. The Hall–Kier alpha value is -0.200. The molecule has 3 fully saturated rings. The molecule has 0 bridgehead atoms. The van der Waals surface area contributed by atoms with E-state index >= 15 is 0 Å². The largest absolute Gasteiger partial charge is 0.387 e. The number of aliphatic hydroxyl groups is 1. The summed E-state index contributed by atoms with van der Waals surface area (Å²) in [5.41, 5.74) is 0. The first-order chi connectivity index (χ1) is 7.77. The van der Waals surface area contributed by atoms with E-state index in [1.165, 1.54) is 0 Å². The molecule has 2 saturated heterocycles. The van der Waals surface area contributed by atoms with Crippen LogP contribution in [0.4, 0.5) is 0 Å². The highest BCUT2D eigenvalue weighted by Crippen LogP contribution is 2.43. The topological polar surface area (TPSA) is 57.2 Å². The normalized spacial score (nSPS) is 51.0. The summed E-state index contributed by atoms with van der Waals surface area (Å²) in [6, 6.07) is 0. The predicted molar refractivity (Wildman–Crippen MR) is 58.3 cm³/mol. The number of hydrogen-bond donors (Lipinski definition) is 1. The van der Waals surface area contributed by atoms with Crippen LogP contribution in [0.5, 0.6) is 0 Å². The molecule has 0 radical (unpaired) electrons. The molecule has 0 amide bonds. The number of rotatable bonds is 0. The van der Waals surface area contributed by atoms with Crippen molar-refractivity contribution in [3.63, 3.8) is 0 Å². The van der Waals surface area contributed by atoms with Gasteiger partial charge in [-0.3, -0.25) is 0 Å². The van der Waals surface area contributed by atoms with Crippen LogP contribution < -0.4 is 0 Å². The Bertz CT molecular complexity index is 297. The fraction of sp³-hybridized carbons (Fsp3) is 1.00. The summed E-state index contributed by atoms with van der Waals surface area (Å²) in [5, 5.41) is 10.3. The average Bonchev–Trinajstić information content (AvgIpc) is 2.61. The highest BCUT2D eigenvalue weighted by Gasteiger charge is 2.58. The van der Waals surface area contributed by atoms with E-state index in [0.29, 0.717) is 6.42 Å². The molecular formula is C12H20O5. The van der Waals surface area contributed by atoms with Crippen molar-refractivity contribution in [2.24, 2.45) is 0 Å². The van der Waals surface area contributed by atoms with Gasteiger partial charge in [-0.05, 0) is 27.7 Å². The molecule has 3 rings (SSSR count). The van der Waals surface area contributed by atoms with E-state index in [1.54, 1.807) is 0 Å². The predicted octanol–water partition coefficient (Wildman–Crippen LogP) is 0.791. The fourth-order valence-electron chi connectivity index (χ4n) is 3.09. The van der Waals surface area contributed by atoms with Crippen LogP contribution in [-0.2, 0) is 18.9 Å². The number of aliphatic hydroxyl groups excluding tert-OH is 1. The number of fused-ring (bicyclic) bond motifs is 2. The van der Waals surface area contributed by atoms with E-state index in [4.69, 9.17) is 18.9 Å². The van der Waals surface area contributed by atoms with Crippen molar-refractivity contribution in [1.82, 2.24) is 0 Å². The number of ether oxygens (including phenoxy) is 4. The lowest BCUT2D eigenvalue weighted by molar-refractivity contribution is -0.179. The van der Waals surface area contributed by atoms with Crippen LogP contribution in [0.1, 0.15) is 34.1 Å². The van der Waals surface area contributed by atoms with E-state index in [2.05, 4.69) is 0 Å². The first kappa shape index (κ1) is 11.9.